The molecule has 19 heavy (non-hydrogen) atoms. The second-order valence-electron chi connectivity index (χ2n) is 8.99. The largest absolute Gasteiger partial charge is 0.0594 e. The van der Waals surface area contributed by atoms with Gasteiger partial charge in [0.05, 0.1) is 0 Å². The van der Waals surface area contributed by atoms with Crippen LogP contribution in [0.25, 0.3) is 0 Å². The van der Waals surface area contributed by atoms with E-state index in [2.05, 4.69) is 13.8 Å². The molecular formula is C19H32. The molecule has 4 aliphatic carbocycles. The van der Waals surface area contributed by atoms with Gasteiger partial charge in [-0.1, -0.05) is 39.5 Å². The molecule has 0 saturated heterocycles. The SMILES string of the molecule is C[C@]12CCCC1C1CCC3CCCCC3[C@@]1(C)CC2. The molecule has 0 heterocycles. The highest BCUT2D eigenvalue weighted by molar-refractivity contribution is 5.07. The number of hydrogen-bond donors (Lipinski definition) is 0. The summed E-state index contributed by atoms with van der Waals surface area (Å²) < 4.78 is 0. The van der Waals surface area contributed by atoms with Crippen molar-refractivity contribution in [3.05, 3.63) is 0 Å². The summed E-state index contributed by atoms with van der Waals surface area (Å²) in [7, 11) is 0. The minimum Gasteiger partial charge on any atom is -0.0594 e. The van der Waals surface area contributed by atoms with Gasteiger partial charge in [0.25, 0.3) is 0 Å². The van der Waals surface area contributed by atoms with E-state index in [-0.39, 0.29) is 0 Å². The lowest BCUT2D eigenvalue weighted by Crippen LogP contribution is -2.53. The van der Waals surface area contributed by atoms with Gasteiger partial charge in [0.2, 0.25) is 0 Å². The minimum absolute atomic E-state index is 0.734. The van der Waals surface area contributed by atoms with Crippen LogP contribution in [0.4, 0.5) is 0 Å². The quantitative estimate of drug-likeness (QED) is 0.515. The van der Waals surface area contributed by atoms with Crippen molar-refractivity contribution in [1.29, 1.82) is 0 Å². The summed E-state index contributed by atoms with van der Waals surface area (Å²) in [6.45, 7) is 5.36. The van der Waals surface area contributed by atoms with Gasteiger partial charge in [-0.3, -0.25) is 0 Å². The van der Waals surface area contributed by atoms with E-state index in [1.54, 1.807) is 51.4 Å². The van der Waals surface area contributed by atoms with Crippen LogP contribution in [-0.2, 0) is 0 Å². The Kier molecular flexibility index (Phi) is 2.84. The molecule has 0 spiro atoms. The monoisotopic (exact) mass is 260 g/mol. The molecule has 0 N–H and O–H groups in total. The smallest absolute Gasteiger partial charge is 0.0264 e. The third-order valence-corrected chi connectivity index (χ3v) is 8.33. The van der Waals surface area contributed by atoms with E-state index >= 15 is 0 Å². The van der Waals surface area contributed by atoms with E-state index in [0.29, 0.717) is 0 Å². The van der Waals surface area contributed by atoms with Crippen LogP contribution in [0, 0.1) is 34.5 Å². The Morgan fingerprint density at radius 2 is 1.42 bits per heavy atom. The predicted octanol–water partition coefficient (Wildman–Crippen LogP) is 5.81. The van der Waals surface area contributed by atoms with Gasteiger partial charge in [0, 0.05) is 0 Å². The maximum absolute atomic E-state index is 2.72. The van der Waals surface area contributed by atoms with Crippen LogP contribution >= 0.6 is 0 Å². The zero-order valence-electron chi connectivity index (χ0n) is 13.1. The van der Waals surface area contributed by atoms with Crippen LogP contribution < -0.4 is 0 Å². The van der Waals surface area contributed by atoms with Crippen LogP contribution in [0.2, 0.25) is 0 Å². The molecule has 0 nitrogen and oxygen atoms in total. The minimum atomic E-state index is 0.734. The van der Waals surface area contributed by atoms with Crippen molar-refractivity contribution in [2.45, 2.75) is 84.5 Å². The molecule has 6 atom stereocenters. The maximum Gasteiger partial charge on any atom is -0.0264 e. The molecule has 4 saturated carbocycles. The third kappa shape index (κ3) is 1.70. The lowest BCUT2D eigenvalue weighted by Gasteiger charge is -2.61. The molecule has 108 valence electrons. The second-order valence-corrected chi connectivity index (χ2v) is 8.99. The van der Waals surface area contributed by atoms with E-state index in [0.717, 1.165) is 34.5 Å². The molecule has 4 fully saturated rings. The zero-order chi connectivity index (χ0) is 13.1. The van der Waals surface area contributed by atoms with Gasteiger partial charge in [-0.05, 0) is 79.4 Å². The molecule has 0 aromatic heterocycles. The molecule has 0 aliphatic heterocycles. The van der Waals surface area contributed by atoms with E-state index < -0.39 is 0 Å². The van der Waals surface area contributed by atoms with Crippen molar-refractivity contribution in [2.24, 2.45) is 34.5 Å². The van der Waals surface area contributed by atoms with Crippen LogP contribution in [0.1, 0.15) is 84.5 Å². The Morgan fingerprint density at radius 3 is 2.32 bits per heavy atom. The summed E-state index contributed by atoms with van der Waals surface area (Å²) >= 11 is 0. The zero-order valence-corrected chi connectivity index (χ0v) is 13.1. The van der Waals surface area contributed by atoms with Crippen LogP contribution in [0.3, 0.4) is 0 Å². The Labute approximate surface area is 119 Å². The first-order valence-corrected chi connectivity index (χ1v) is 9.13. The molecule has 4 unspecified atom stereocenters. The van der Waals surface area contributed by atoms with Gasteiger partial charge in [-0.15, -0.1) is 0 Å². The highest BCUT2D eigenvalue weighted by atomic mass is 14.6. The van der Waals surface area contributed by atoms with Crippen LogP contribution in [0.15, 0.2) is 0 Å². The predicted molar refractivity (Wildman–Crippen MR) is 81.0 cm³/mol. The fraction of sp³-hybridized carbons (Fsp3) is 1.00. The van der Waals surface area contributed by atoms with Crippen LogP contribution in [-0.4, -0.2) is 0 Å². The van der Waals surface area contributed by atoms with E-state index in [9.17, 15) is 0 Å². The Bertz CT molecular complexity index is 359. The molecule has 0 aromatic rings. The molecule has 4 rings (SSSR count). The van der Waals surface area contributed by atoms with Crippen molar-refractivity contribution in [1.82, 2.24) is 0 Å². The van der Waals surface area contributed by atoms with Crippen molar-refractivity contribution < 1.29 is 0 Å². The normalized spacial score (nSPS) is 57.2. The van der Waals surface area contributed by atoms with Gasteiger partial charge in [-0.25, -0.2) is 0 Å². The standard InChI is InChI=1S/C19H32/c1-18-11-5-8-16(18)17-10-9-14-6-3-4-7-15(14)19(17,2)13-12-18/h14-17H,3-13H2,1-2H3/t14?,15?,16?,17?,18-,19-/m1/s1. The first kappa shape index (κ1) is 12.7. The summed E-state index contributed by atoms with van der Waals surface area (Å²) in [6, 6.07) is 0. The average molecular weight is 260 g/mol. The molecule has 4 aliphatic rings. The van der Waals surface area contributed by atoms with E-state index in [4.69, 9.17) is 0 Å². The maximum atomic E-state index is 2.72. The van der Waals surface area contributed by atoms with Crippen molar-refractivity contribution in [3.8, 4) is 0 Å². The Balaban J connectivity index is 1.66. The Morgan fingerprint density at radius 1 is 0.632 bits per heavy atom. The lowest BCUT2D eigenvalue weighted by molar-refractivity contribution is -0.115. The van der Waals surface area contributed by atoms with E-state index in [1.165, 1.54) is 19.3 Å². The topological polar surface area (TPSA) is 0 Å². The highest BCUT2D eigenvalue weighted by Crippen LogP contribution is 2.67. The van der Waals surface area contributed by atoms with Crippen molar-refractivity contribution in [2.75, 3.05) is 0 Å². The highest BCUT2D eigenvalue weighted by Gasteiger charge is 2.58. The van der Waals surface area contributed by atoms with Crippen LogP contribution in [0.5, 0.6) is 0 Å². The molecular weight excluding hydrogens is 228 g/mol. The Hall–Kier alpha value is 0. The average Bonchev–Trinajstić information content (AvgIpc) is 2.81. The second kappa shape index (κ2) is 4.25. The van der Waals surface area contributed by atoms with Gasteiger partial charge in [0.15, 0.2) is 0 Å². The lowest BCUT2D eigenvalue weighted by atomic mass is 9.44. The van der Waals surface area contributed by atoms with Gasteiger partial charge in [0.1, 0.15) is 0 Å². The fourth-order valence-electron chi connectivity index (χ4n) is 7.26. The molecule has 0 bridgehead atoms. The third-order valence-electron chi connectivity index (χ3n) is 8.33. The first-order valence-electron chi connectivity index (χ1n) is 9.13. The van der Waals surface area contributed by atoms with Crippen molar-refractivity contribution >= 4 is 0 Å². The molecule has 0 radical (unpaired) electrons. The number of fused-ring (bicyclic) bond motifs is 5. The fourth-order valence-corrected chi connectivity index (χ4v) is 7.26. The molecule has 0 heteroatoms. The summed E-state index contributed by atoms with van der Waals surface area (Å²) in [5.41, 5.74) is 1.48. The van der Waals surface area contributed by atoms with E-state index in [1.807, 2.05) is 0 Å². The van der Waals surface area contributed by atoms with Gasteiger partial charge < -0.3 is 0 Å². The summed E-state index contributed by atoms with van der Waals surface area (Å²) in [5.74, 6) is 4.40. The van der Waals surface area contributed by atoms with Gasteiger partial charge >= 0.3 is 0 Å². The first-order chi connectivity index (χ1) is 9.13. The van der Waals surface area contributed by atoms with Gasteiger partial charge in [-0.2, -0.15) is 0 Å². The molecule has 0 amide bonds. The molecule has 0 aromatic carbocycles. The summed E-state index contributed by atoms with van der Waals surface area (Å²) in [6.07, 6.45) is 17.1. The van der Waals surface area contributed by atoms with Crippen molar-refractivity contribution in [3.63, 3.8) is 0 Å². The summed E-state index contributed by atoms with van der Waals surface area (Å²) in [4.78, 5) is 0. The summed E-state index contributed by atoms with van der Waals surface area (Å²) in [5, 5.41) is 0. The number of hydrogen-bond acceptors (Lipinski definition) is 0. The number of rotatable bonds is 0.